The van der Waals surface area contributed by atoms with Gasteiger partial charge in [0.2, 0.25) is 0 Å². The Morgan fingerprint density at radius 2 is 2.67 bits per heavy atom. The molecular formula is C6H6BrNO. The highest BCUT2D eigenvalue weighted by atomic mass is 79.9. The highest BCUT2D eigenvalue weighted by molar-refractivity contribution is 9.10. The number of halogens is 1. The molecule has 0 atom stereocenters. The summed E-state index contributed by atoms with van der Waals surface area (Å²) in [7, 11) is 1.36. The van der Waals surface area contributed by atoms with Crippen molar-refractivity contribution in [3.63, 3.8) is 0 Å². The third-order valence-electron chi connectivity index (χ3n) is 0.744. The molecule has 0 aliphatic carbocycles. The van der Waals surface area contributed by atoms with Gasteiger partial charge in [-0.15, -0.1) is 0 Å². The molecule has 48 valence electrons. The van der Waals surface area contributed by atoms with Crippen LogP contribution in [0.4, 0.5) is 0 Å². The Morgan fingerprint density at radius 3 is 3.33 bits per heavy atom. The lowest BCUT2D eigenvalue weighted by atomic mass is 10.5. The van der Waals surface area contributed by atoms with E-state index in [0.29, 0.717) is 0 Å². The fourth-order valence-corrected chi connectivity index (χ4v) is 0.651. The lowest BCUT2D eigenvalue weighted by Gasteiger charge is -1.96. The lowest BCUT2D eigenvalue weighted by Crippen LogP contribution is -1.82. The fraction of sp³-hybridized carbons (Fsp3) is 0.167. The summed E-state index contributed by atoms with van der Waals surface area (Å²) >= 11 is 2.99. The van der Waals surface area contributed by atoms with Crippen LogP contribution in [0.5, 0.6) is 5.75 Å². The van der Waals surface area contributed by atoms with Gasteiger partial charge < -0.3 is 4.74 Å². The molecule has 0 amide bonds. The number of nitrogens with zero attached hydrogens (tertiary/aromatic N) is 1. The Kier molecular flexibility index (Phi) is 1.12. The summed E-state index contributed by atoms with van der Waals surface area (Å²) in [6.07, 6.45) is -0.199. The van der Waals surface area contributed by atoms with E-state index in [4.69, 9.17) is 8.85 Å². The summed E-state index contributed by atoms with van der Waals surface area (Å²) in [6, 6.07) is -0.163. The summed E-state index contributed by atoms with van der Waals surface area (Å²) in [5, 5.41) is 0. The van der Waals surface area contributed by atoms with Gasteiger partial charge in [-0.05, 0) is 22.0 Å². The topological polar surface area (TPSA) is 22.1 Å². The minimum absolute atomic E-state index is 0.00139. The van der Waals surface area contributed by atoms with E-state index < -0.39 is 0 Å². The molecule has 0 N–H and O–H groups in total. The van der Waals surface area contributed by atoms with Crippen molar-refractivity contribution >= 4 is 15.9 Å². The second kappa shape index (κ2) is 2.82. The first kappa shape index (κ1) is 3.56. The third-order valence-corrected chi connectivity index (χ3v) is 1.12. The maximum Gasteiger partial charge on any atom is 0.123 e. The van der Waals surface area contributed by atoms with Gasteiger partial charge >= 0.3 is 0 Å². The Morgan fingerprint density at radius 1 is 1.89 bits per heavy atom. The van der Waals surface area contributed by atoms with E-state index in [-0.39, 0.29) is 28.6 Å². The van der Waals surface area contributed by atoms with Gasteiger partial charge in [0.15, 0.2) is 0 Å². The zero-order valence-electron chi connectivity index (χ0n) is 7.73. The normalized spacial score (nSPS) is 13.8. The maximum absolute atomic E-state index is 7.40. The van der Waals surface area contributed by atoms with Gasteiger partial charge in [0.1, 0.15) is 10.4 Å². The maximum atomic E-state index is 7.40. The van der Waals surface area contributed by atoms with Crippen LogP contribution in [-0.2, 0) is 0 Å². The summed E-state index contributed by atoms with van der Waals surface area (Å²) in [5.41, 5.74) is 0. The molecular weight excluding hydrogens is 182 g/mol. The molecule has 1 aromatic rings. The van der Waals surface area contributed by atoms with E-state index in [1.807, 2.05) is 0 Å². The number of pyridine rings is 1. The highest BCUT2D eigenvalue weighted by Crippen LogP contribution is 2.13. The van der Waals surface area contributed by atoms with Gasteiger partial charge in [-0.3, -0.25) is 0 Å². The number of aromatic nitrogens is 1. The van der Waals surface area contributed by atoms with Crippen molar-refractivity contribution in [3.8, 4) is 5.75 Å². The highest BCUT2D eigenvalue weighted by Gasteiger charge is 1.89. The number of hydrogen-bond acceptors (Lipinski definition) is 2. The molecule has 0 aliphatic rings. The minimum Gasteiger partial charge on any atom is -0.497 e. The molecule has 0 spiro atoms. The van der Waals surface area contributed by atoms with Crippen LogP contribution < -0.4 is 4.74 Å². The van der Waals surface area contributed by atoms with Gasteiger partial charge in [0.05, 0.1) is 11.2 Å². The molecule has 9 heavy (non-hydrogen) atoms. The second-order valence-corrected chi connectivity index (χ2v) is 2.05. The zero-order chi connectivity index (χ0) is 9.30. The average Bonchev–Trinajstić information content (AvgIpc) is 2.02. The van der Waals surface area contributed by atoms with E-state index in [1.54, 1.807) is 0 Å². The van der Waals surface area contributed by atoms with Crippen molar-refractivity contribution in [1.29, 1.82) is 0 Å². The number of ether oxygens (including phenoxy) is 1. The summed E-state index contributed by atoms with van der Waals surface area (Å²) in [4.78, 5) is 3.61. The van der Waals surface area contributed by atoms with E-state index in [2.05, 4.69) is 20.9 Å². The first-order valence-corrected chi connectivity index (χ1v) is 3.04. The van der Waals surface area contributed by atoms with Gasteiger partial charge in [0, 0.05) is 12.2 Å². The molecule has 0 unspecified atom stereocenters. The monoisotopic (exact) mass is 190 g/mol. The molecule has 1 rings (SSSR count). The van der Waals surface area contributed by atoms with Crippen LogP contribution in [-0.4, -0.2) is 12.1 Å². The van der Waals surface area contributed by atoms with Crippen LogP contribution in [0.25, 0.3) is 0 Å². The van der Waals surface area contributed by atoms with Crippen molar-refractivity contribution in [1.82, 2.24) is 4.98 Å². The fourth-order valence-electron chi connectivity index (χ4n) is 0.383. The minimum atomic E-state index is -0.199. The van der Waals surface area contributed by atoms with Crippen molar-refractivity contribution in [2.45, 2.75) is 0 Å². The molecule has 2 nitrogen and oxygen atoms in total. The molecule has 3 heteroatoms. The van der Waals surface area contributed by atoms with Gasteiger partial charge in [-0.2, -0.15) is 0 Å². The third kappa shape index (κ3) is 1.68. The van der Waals surface area contributed by atoms with Crippen LogP contribution in [0.2, 0.25) is 0 Å². The molecule has 0 aliphatic heterocycles. The standard InChI is InChI=1S/C6H6BrNO/c1-9-5-2-3-8-6(7)4-5/h2-4H,1H3/i2D,3D,4D. The molecule has 0 aromatic carbocycles. The summed E-state index contributed by atoms with van der Waals surface area (Å²) in [5.74, 6) is 0.0712. The van der Waals surface area contributed by atoms with E-state index in [0.717, 1.165) is 0 Å². The molecule has 0 bridgehead atoms. The quantitative estimate of drug-likeness (QED) is 0.632. The lowest BCUT2D eigenvalue weighted by molar-refractivity contribution is 0.414. The Bertz CT molecular complexity index is 292. The SMILES string of the molecule is [2H]c1nc(Br)c([2H])c(OC)c1[2H]. The van der Waals surface area contributed by atoms with Crippen molar-refractivity contribution < 1.29 is 8.85 Å². The van der Waals surface area contributed by atoms with Gasteiger partial charge in [-0.25, -0.2) is 4.98 Å². The van der Waals surface area contributed by atoms with E-state index in [9.17, 15) is 0 Å². The van der Waals surface area contributed by atoms with E-state index >= 15 is 0 Å². The molecule has 1 heterocycles. The molecule has 0 saturated heterocycles. The van der Waals surface area contributed by atoms with Gasteiger partial charge in [0.25, 0.3) is 0 Å². The van der Waals surface area contributed by atoms with Crippen molar-refractivity contribution in [2.75, 3.05) is 7.11 Å². The first-order chi connectivity index (χ1) is 5.57. The van der Waals surface area contributed by atoms with Crippen molar-refractivity contribution in [3.05, 3.63) is 22.9 Å². The smallest absolute Gasteiger partial charge is 0.123 e. The van der Waals surface area contributed by atoms with Crippen LogP contribution >= 0.6 is 15.9 Å². The largest absolute Gasteiger partial charge is 0.497 e. The predicted molar refractivity (Wildman–Crippen MR) is 38.5 cm³/mol. The predicted octanol–water partition coefficient (Wildman–Crippen LogP) is 1.85. The number of rotatable bonds is 1. The number of methoxy groups -OCH3 is 1. The van der Waals surface area contributed by atoms with Gasteiger partial charge in [-0.1, -0.05) is 0 Å². The van der Waals surface area contributed by atoms with E-state index in [1.165, 1.54) is 7.11 Å². The zero-order valence-corrected chi connectivity index (χ0v) is 6.32. The molecule has 1 aromatic heterocycles. The Balaban J connectivity index is 3.42. The first-order valence-electron chi connectivity index (χ1n) is 3.75. The summed E-state index contributed by atoms with van der Waals surface area (Å²) < 4.78 is 26.9. The van der Waals surface area contributed by atoms with Crippen molar-refractivity contribution in [2.24, 2.45) is 0 Å². The van der Waals surface area contributed by atoms with Crippen LogP contribution in [0, 0.1) is 0 Å². The molecule has 0 saturated carbocycles. The molecule has 0 radical (unpaired) electrons. The second-order valence-electron chi connectivity index (χ2n) is 1.30. The summed E-state index contributed by atoms with van der Waals surface area (Å²) in [6.45, 7) is 0. The van der Waals surface area contributed by atoms with Crippen LogP contribution in [0.3, 0.4) is 0 Å². The average molecular weight is 191 g/mol. The Hall–Kier alpha value is -0.570. The molecule has 0 fully saturated rings. The van der Waals surface area contributed by atoms with Crippen LogP contribution in [0.1, 0.15) is 4.11 Å². The number of hydrogen-bond donors (Lipinski definition) is 0. The van der Waals surface area contributed by atoms with Crippen LogP contribution in [0.15, 0.2) is 22.9 Å². The Labute approximate surface area is 66.2 Å².